The molecule has 1 aromatic rings. The van der Waals surface area contributed by atoms with Gasteiger partial charge in [0.25, 0.3) is 0 Å². The summed E-state index contributed by atoms with van der Waals surface area (Å²) in [6.07, 6.45) is 4.16. The van der Waals surface area contributed by atoms with Crippen LogP contribution >= 0.6 is 15.9 Å². The molecule has 2 rings (SSSR count). The molecule has 1 saturated heterocycles. The van der Waals surface area contributed by atoms with Gasteiger partial charge in [-0.2, -0.15) is 4.98 Å². The summed E-state index contributed by atoms with van der Waals surface area (Å²) in [5.74, 6) is 1.36. The normalized spacial score (nSPS) is 20.7. The average Bonchev–Trinajstić information content (AvgIpc) is 2.65. The van der Waals surface area contributed by atoms with Gasteiger partial charge < -0.3 is 9.64 Å². The molecule has 4 nitrogen and oxygen atoms in total. The molecule has 2 heterocycles. The third-order valence-electron chi connectivity index (χ3n) is 2.70. The van der Waals surface area contributed by atoms with Crippen LogP contribution < -0.4 is 9.64 Å². The third kappa shape index (κ3) is 2.07. The van der Waals surface area contributed by atoms with E-state index < -0.39 is 0 Å². The second-order valence-corrected chi connectivity index (χ2v) is 4.57. The van der Waals surface area contributed by atoms with Crippen molar-refractivity contribution in [3.05, 3.63) is 10.7 Å². The summed E-state index contributed by atoms with van der Waals surface area (Å²) in [7, 11) is 1.62. The molecule has 0 amide bonds. The van der Waals surface area contributed by atoms with E-state index in [-0.39, 0.29) is 0 Å². The summed E-state index contributed by atoms with van der Waals surface area (Å²) in [5, 5.41) is 0. The van der Waals surface area contributed by atoms with Gasteiger partial charge in [-0.25, -0.2) is 4.98 Å². The fraction of sp³-hybridized carbons (Fsp3) is 0.600. The first-order valence-electron chi connectivity index (χ1n) is 5.05. The van der Waals surface area contributed by atoms with Crippen LogP contribution in [0.15, 0.2) is 10.7 Å². The van der Waals surface area contributed by atoms with Crippen LogP contribution in [0.2, 0.25) is 0 Å². The van der Waals surface area contributed by atoms with Crippen LogP contribution in [0.3, 0.4) is 0 Å². The maximum atomic E-state index is 5.16. The lowest BCUT2D eigenvalue weighted by atomic mass is 10.2. The molecule has 0 radical (unpaired) electrons. The number of anilines is 1. The Bertz CT molecular complexity index is 359. The molecule has 0 bridgehead atoms. The fourth-order valence-corrected chi connectivity index (χ4v) is 2.21. The van der Waals surface area contributed by atoms with Crippen LogP contribution in [0.4, 0.5) is 5.95 Å². The van der Waals surface area contributed by atoms with E-state index in [0.717, 1.165) is 17.0 Å². The maximum Gasteiger partial charge on any atom is 0.232 e. The van der Waals surface area contributed by atoms with Crippen molar-refractivity contribution in [1.29, 1.82) is 0 Å². The van der Waals surface area contributed by atoms with Crippen molar-refractivity contribution in [3.63, 3.8) is 0 Å². The van der Waals surface area contributed by atoms with Gasteiger partial charge in [0.05, 0.1) is 17.8 Å². The van der Waals surface area contributed by atoms with Gasteiger partial charge in [0, 0.05) is 12.6 Å². The van der Waals surface area contributed by atoms with Crippen molar-refractivity contribution in [2.45, 2.75) is 25.8 Å². The van der Waals surface area contributed by atoms with Crippen LogP contribution in [0.1, 0.15) is 19.8 Å². The summed E-state index contributed by atoms with van der Waals surface area (Å²) in [6, 6.07) is 0.524. The summed E-state index contributed by atoms with van der Waals surface area (Å²) in [5.41, 5.74) is 0. The van der Waals surface area contributed by atoms with E-state index in [1.165, 1.54) is 12.8 Å². The first kappa shape index (κ1) is 10.7. The molecule has 0 aliphatic carbocycles. The van der Waals surface area contributed by atoms with Gasteiger partial charge in [-0.3, -0.25) is 0 Å². The van der Waals surface area contributed by atoms with Crippen molar-refractivity contribution in [1.82, 2.24) is 9.97 Å². The van der Waals surface area contributed by atoms with E-state index in [1.807, 2.05) is 0 Å². The molecule has 1 fully saturated rings. The Morgan fingerprint density at radius 3 is 3.00 bits per heavy atom. The van der Waals surface area contributed by atoms with Crippen LogP contribution in [-0.2, 0) is 0 Å². The molecule has 0 aromatic carbocycles. The van der Waals surface area contributed by atoms with E-state index >= 15 is 0 Å². The molecule has 15 heavy (non-hydrogen) atoms. The van der Waals surface area contributed by atoms with Gasteiger partial charge in [0.15, 0.2) is 0 Å². The standard InChI is InChI=1S/C10H14BrN3O/c1-7-4-3-5-14(7)10-12-6-8(11)9(13-10)15-2/h6-7H,3-5H2,1-2H3. The number of hydrogen-bond acceptors (Lipinski definition) is 4. The maximum absolute atomic E-state index is 5.16. The number of aromatic nitrogens is 2. The second-order valence-electron chi connectivity index (χ2n) is 3.71. The lowest BCUT2D eigenvalue weighted by molar-refractivity contribution is 0.393. The number of hydrogen-bond donors (Lipinski definition) is 0. The summed E-state index contributed by atoms with van der Waals surface area (Å²) >= 11 is 3.35. The Labute approximate surface area is 97.8 Å². The lowest BCUT2D eigenvalue weighted by Gasteiger charge is -2.21. The van der Waals surface area contributed by atoms with Crippen LogP contribution in [0, 0.1) is 0 Å². The molecule has 1 aliphatic heterocycles. The number of nitrogens with zero attached hydrogens (tertiary/aromatic N) is 3. The van der Waals surface area contributed by atoms with E-state index in [1.54, 1.807) is 13.3 Å². The van der Waals surface area contributed by atoms with Crippen LogP contribution in [-0.4, -0.2) is 29.7 Å². The van der Waals surface area contributed by atoms with Gasteiger partial charge in [0.1, 0.15) is 0 Å². The Kier molecular flexibility index (Phi) is 3.09. The molecule has 1 atom stereocenters. The van der Waals surface area contributed by atoms with E-state index in [4.69, 9.17) is 4.74 Å². The first-order valence-corrected chi connectivity index (χ1v) is 5.85. The highest BCUT2D eigenvalue weighted by Crippen LogP contribution is 2.27. The molecule has 0 saturated carbocycles. The molecule has 1 aromatic heterocycles. The second kappa shape index (κ2) is 4.35. The molecule has 0 spiro atoms. The largest absolute Gasteiger partial charge is 0.480 e. The van der Waals surface area contributed by atoms with Gasteiger partial charge >= 0.3 is 0 Å². The zero-order chi connectivity index (χ0) is 10.8. The lowest BCUT2D eigenvalue weighted by Crippen LogP contribution is -2.28. The van der Waals surface area contributed by atoms with Crippen molar-refractivity contribution in [2.75, 3.05) is 18.6 Å². The highest BCUT2D eigenvalue weighted by Gasteiger charge is 2.23. The van der Waals surface area contributed by atoms with Gasteiger partial charge in [-0.05, 0) is 35.7 Å². The van der Waals surface area contributed by atoms with E-state index in [2.05, 4.69) is 37.7 Å². The highest BCUT2D eigenvalue weighted by molar-refractivity contribution is 9.10. The molecule has 82 valence electrons. The van der Waals surface area contributed by atoms with Crippen LogP contribution in [0.5, 0.6) is 5.88 Å². The van der Waals surface area contributed by atoms with Gasteiger partial charge in [0.2, 0.25) is 11.8 Å². The van der Waals surface area contributed by atoms with Crippen molar-refractivity contribution >= 4 is 21.9 Å². The van der Waals surface area contributed by atoms with Crippen LogP contribution in [0.25, 0.3) is 0 Å². The van der Waals surface area contributed by atoms with Crippen molar-refractivity contribution in [3.8, 4) is 5.88 Å². The Balaban J connectivity index is 2.28. The predicted octanol–water partition coefficient (Wildman–Crippen LogP) is 2.24. The minimum absolute atomic E-state index is 0.524. The monoisotopic (exact) mass is 271 g/mol. The zero-order valence-corrected chi connectivity index (χ0v) is 10.5. The Hall–Kier alpha value is -0.840. The van der Waals surface area contributed by atoms with Gasteiger partial charge in [-0.1, -0.05) is 0 Å². The zero-order valence-electron chi connectivity index (χ0n) is 8.90. The summed E-state index contributed by atoms with van der Waals surface area (Å²) < 4.78 is 5.95. The number of ether oxygens (including phenoxy) is 1. The SMILES string of the molecule is COc1nc(N2CCCC2C)ncc1Br. The summed E-state index contributed by atoms with van der Waals surface area (Å²) in [6.45, 7) is 3.23. The molecule has 0 N–H and O–H groups in total. The molecular formula is C10H14BrN3O. The third-order valence-corrected chi connectivity index (χ3v) is 3.25. The molecular weight excluding hydrogens is 258 g/mol. The number of rotatable bonds is 2. The average molecular weight is 272 g/mol. The van der Waals surface area contributed by atoms with Crippen molar-refractivity contribution in [2.24, 2.45) is 0 Å². The first-order chi connectivity index (χ1) is 7.22. The smallest absolute Gasteiger partial charge is 0.232 e. The minimum atomic E-state index is 0.524. The fourth-order valence-electron chi connectivity index (χ4n) is 1.85. The van der Waals surface area contributed by atoms with E-state index in [9.17, 15) is 0 Å². The Morgan fingerprint density at radius 1 is 1.60 bits per heavy atom. The molecule has 5 heteroatoms. The Morgan fingerprint density at radius 2 is 2.40 bits per heavy atom. The molecule has 1 aliphatic rings. The molecule has 1 unspecified atom stereocenters. The van der Waals surface area contributed by atoms with E-state index in [0.29, 0.717) is 11.9 Å². The number of methoxy groups -OCH3 is 1. The van der Waals surface area contributed by atoms with Crippen molar-refractivity contribution < 1.29 is 4.74 Å². The topological polar surface area (TPSA) is 38.2 Å². The highest BCUT2D eigenvalue weighted by atomic mass is 79.9. The minimum Gasteiger partial charge on any atom is -0.480 e. The number of halogens is 1. The van der Waals surface area contributed by atoms with Gasteiger partial charge in [-0.15, -0.1) is 0 Å². The quantitative estimate of drug-likeness (QED) is 0.827. The predicted molar refractivity (Wildman–Crippen MR) is 62.3 cm³/mol. The summed E-state index contributed by atoms with van der Waals surface area (Å²) in [4.78, 5) is 10.9.